The van der Waals surface area contributed by atoms with Crippen molar-refractivity contribution in [3.05, 3.63) is 56.8 Å². The van der Waals surface area contributed by atoms with Gasteiger partial charge in [-0.3, -0.25) is 14.6 Å². The normalized spacial score (nSPS) is 28.2. The van der Waals surface area contributed by atoms with Crippen LogP contribution in [0.4, 0.5) is 13.2 Å². The van der Waals surface area contributed by atoms with E-state index in [1.165, 1.54) is 16.5 Å². The Bertz CT molecular complexity index is 1160. The first-order valence-electron chi connectivity index (χ1n) is 14.1. The number of halogens is 3. The van der Waals surface area contributed by atoms with Crippen molar-refractivity contribution in [2.24, 2.45) is 0 Å². The third kappa shape index (κ3) is 6.20. The van der Waals surface area contributed by atoms with E-state index in [0.29, 0.717) is 31.1 Å². The molecule has 2 fully saturated rings. The fourth-order valence-electron chi connectivity index (χ4n) is 6.61. The minimum absolute atomic E-state index is 0.0724. The third-order valence-corrected chi connectivity index (χ3v) is 9.71. The molecule has 1 aliphatic carbocycles. The first kappa shape index (κ1) is 27.2. The summed E-state index contributed by atoms with van der Waals surface area (Å²) in [4.78, 5) is 19.0. The quantitative estimate of drug-likeness (QED) is 0.559. The summed E-state index contributed by atoms with van der Waals surface area (Å²) in [6, 6.07) is 6.43. The number of hydrogen-bond donors (Lipinski definition) is 1. The van der Waals surface area contributed by atoms with Gasteiger partial charge in [0.2, 0.25) is 5.91 Å². The van der Waals surface area contributed by atoms with E-state index in [-0.39, 0.29) is 30.7 Å². The molecular weight excluding hydrogens is 527 g/mol. The number of carbonyl (C=O) groups excluding carboxylic acids is 1. The van der Waals surface area contributed by atoms with E-state index in [2.05, 4.69) is 21.7 Å². The Labute approximate surface area is 231 Å². The SMILES string of the molecule is O=C(CN1CCc2ccc(C(F)(F)F)cc2C1)NC1CN(C2CCCOCC2)C[C@@H]1OC1CCc2ccsc21. The van der Waals surface area contributed by atoms with Crippen LogP contribution in [0, 0.1) is 0 Å². The van der Waals surface area contributed by atoms with Crippen LogP contribution in [0.2, 0.25) is 0 Å². The Balaban J connectivity index is 1.11. The number of hydrogen-bond acceptors (Lipinski definition) is 6. The molecule has 0 spiro atoms. The largest absolute Gasteiger partial charge is 0.416 e. The summed E-state index contributed by atoms with van der Waals surface area (Å²) in [5.74, 6) is -0.0988. The molecule has 4 atom stereocenters. The Kier molecular flexibility index (Phi) is 8.01. The number of carbonyl (C=O) groups is 1. The predicted octanol–water partition coefficient (Wildman–Crippen LogP) is 4.57. The monoisotopic (exact) mass is 563 g/mol. The highest BCUT2D eigenvalue weighted by molar-refractivity contribution is 7.10. The van der Waals surface area contributed by atoms with E-state index in [4.69, 9.17) is 9.47 Å². The van der Waals surface area contributed by atoms with Gasteiger partial charge in [0.25, 0.3) is 0 Å². The number of aryl methyl sites for hydroxylation is 1. The van der Waals surface area contributed by atoms with Gasteiger partial charge in [0.05, 0.1) is 30.4 Å². The lowest BCUT2D eigenvalue weighted by Crippen LogP contribution is -2.48. The Hall–Kier alpha value is -1.98. The van der Waals surface area contributed by atoms with Gasteiger partial charge >= 0.3 is 6.18 Å². The number of nitrogens with zero attached hydrogens (tertiary/aromatic N) is 2. The van der Waals surface area contributed by atoms with Crippen molar-refractivity contribution in [3.63, 3.8) is 0 Å². The Morgan fingerprint density at radius 1 is 1.08 bits per heavy atom. The highest BCUT2D eigenvalue weighted by Gasteiger charge is 2.40. The van der Waals surface area contributed by atoms with E-state index in [9.17, 15) is 18.0 Å². The maximum atomic E-state index is 13.3. The van der Waals surface area contributed by atoms with E-state index < -0.39 is 11.7 Å². The zero-order valence-corrected chi connectivity index (χ0v) is 22.9. The molecule has 39 heavy (non-hydrogen) atoms. The van der Waals surface area contributed by atoms with Gasteiger partial charge in [-0.05, 0) is 78.8 Å². The van der Waals surface area contributed by atoms with Gasteiger partial charge in [-0.2, -0.15) is 13.2 Å². The second kappa shape index (κ2) is 11.5. The summed E-state index contributed by atoms with van der Waals surface area (Å²) in [7, 11) is 0. The summed E-state index contributed by atoms with van der Waals surface area (Å²) >= 11 is 1.75. The fraction of sp³-hybridized carbons (Fsp3) is 0.621. The summed E-state index contributed by atoms with van der Waals surface area (Å²) in [6.07, 6.45) is 1.35. The smallest absolute Gasteiger partial charge is 0.381 e. The summed E-state index contributed by atoms with van der Waals surface area (Å²) < 4.78 is 52.1. The number of fused-ring (bicyclic) bond motifs is 2. The van der Waals surface area contributed by atoms with Crippen molar-refractivity contribution < 1.29 is 27.4 Å². The van der Waals surface area contributed by atoms with Crippen LogP contribution < -0.4 is 5.32 Å². The lowest BCUT2D eigenvalue weighted by molar-refractivity contribution is -0.137. The first-order chi connectivity index (χ1) is 18.8. The highest BCUT2D eigenvalue weighted by Crippen LogP contribution is 2.40. The Morgan fingerprint density at radius 2 is 1.97 bits per heavy atom. The second-order valence-electron chi connectivity index (χ2n) is 11.3. The van der Waals surface area contributed by atoms with Gasteiger partial charge in [0, 0.05) is 50.3 Å². The van der Waals surface area contributed by atoms with Crippen LogP contribution in [0.15, 0.2) is 29.6 Å². The minimum atomic E-state index is -4.37. The van der Waals surface area contributed by atoms with Gasteiger partial charge in [0.15, 0.2) is 0 Å². The van der Waals surface area contributed by atoms with Crippen molar-refractivity contribution in [3.8, 4) is 0 Å². The third-order valence-electron chi connectivity index (χ3n) is 8.66. The topological polar surface area (TPSA) is 54.0 Å². The first-order valence-corrected chi connectivity index (χ1v) is 15.0. The predicted molar refractivity (Wildman–Crippen MR) is 143 cm³/mol. The number of thiophene rings is 1. The molecule has 6 rings (SSSR count). The number of amides is 1. The zero-order chi connectivity index (χ0) is 27.0. The van der Waals surface area contributed by atoms with Gasteiger partial charge < -0.3 is 14.8 Å². The molecular formula is C29H36F3N3O3S. The van der Waals surface area contributed by atoms with Crippen LogP contribution in [0.1, 0.15) is 58.9 Å². The second-order valence-corrected chi connectivity index (χ2v) is 12.2. The standard InChI is InChI=1S/C29H36F3N3O3S/c30-29(31,32)22-5-3-19-7-10-34(15-21(19)14-22)18-27(36)33-24-16-35(23-2-1-11-37-12-8-23)17-26(24)38-25-6-4-20-9-13-39-28(20)25/h3,5,9,13-14,23-26H,1-2,4,6-8,10-12,15-18H2,(H,33,36)/t23?,24?,25?,26-/m0/s1. The zero-order valence-electron chi connectivity index (χ0n) is 22.0. The number of nitrogens with one attached hydrogen (secondary N) is 1. The molecule has 10 heteroatoms. The molecule has 2 saturated heterocycles. The molecule has 0 saturated carbocycles. The van der Waals surface area contributed by atoms with Crippen molar-refractivity contribution >= 4 is 17.2 Å². The molecule has 3 aliphatic heterocycles. The highest BCUT2D eigenvalue weighted by atomic mass is 32.1. The van der Waals surface area contributed by atoms with E-state index >= 15 is 0 Å². The number of benzene rings is 1. The summed E-state index contributed by atoms with van der Waals surface area (Å²) in [5, 5.41) is 5.38. The van der Waals surface area contributed by atoms with Gasteiger partial charge in [-0.1, -0.05) is 6.07 Å². The van der Waals surface area contributed by atoms with Crippen LogP contribution in [0.5, 0.6) is 0 Å². The average molecular weight is 564 g/mol. The molecule has 3 unspecified atom stereocenters. The van der Waals surface area contributed by atoms with Gasteiger partial charge in [-0.15, -0.1) is 11.3 Å². The molecule has 1 N–H and O–H groups in total. The molecule has 2 aromatic rings. The Morgan fingerprint density at radius 3 is 2.85 bits per heavy atom. The molecule has 212 valence electrons. The molecule has 0 radical (unpaired) electrons. The molecule has 1 amide bonds. The number of likely N-dealkylation sites (tertiary alicyclic amines) is 1. The summed E-state index contributed by atoms with van der Waals surface area (Å²) in [6.45, 7) is 4.23. The number of alkyl halides is 3. The maximum absolute atomic E-state index is 13.3. The van der Waals surface area contributed by atoms with Crippen LogP contribution in [0.25, 0.3) is 0 Å². The van der Waals surface area contributed by atoms with E-state index in [1.54, 1.807) is 17.4 Å². The van der Waals surface area contributed by atoms with Gasteiger partial charge in [-0.25, -0.2) is 0 Å². The van der Waals surface area contributed by atoms with Crippen molar-refractivity contribution in [1.82, 2.24) is 15.1 Å². The van der Waals surface area contributed by atoms with Crippen LogP contribution in [0.3, 0.4) is 0 Å². The maximum Gasteiger partial charge on any atom is 0.416 e. The van der Waals surface area contributed by atoms with Crippen molar-refractivity contribution in [1.29, 1.82) is 0 Å². The molecule has 0 bridgehead atoms. The molecule has 6 nitrogen and oxygen atoms in total. The van der Waals surface area contributed by atoms with Crippen LogP contribution >= 0.6 is 11.3 Å². The van der Waals surface area contributed by atoms with Crippen molar-refractivity contribution in [2.75, 3.05) is 39.4 Å². The van der Waals surface area contributed by atoms with Crippen LogP contribution in [-0.4, -0.2) is 73.3 Å². The molecule has 1 aromatic heterocycles. The fourth-order valence-corrected chi connectivity index (χ4v) is 7.63. The average Bonchev–Trinajstić information content (AvgIpc) is 3.55. The van der Waals surface area contributed by atoms with Crippen molar-refractivity contribution in [2.45, 2.75) is 75.5 Å². The van der Waals surface area contributed by atoms with E-state index in [0.717, 1.165) is 70.0 Å². The minimum Gasteiger partial charge on any atom is -0.381 e. The van der Waals surface area contributed by atoms with Crippen LogP contribution in [-0.2, 0) is 39.8 Å². The number of rotatable bonds is 6. The number of ether oxygens (including phenoxy) is 2. The lowest BCUT2D eigenvalue weighted by Gasteiger charge is -2.30. The summed E-state index contributed by atoms with van der Waals surface area (Å²) in [5.41, 5.74) is 2.32. The molecule has 4 aliphatic rings. The molecule has 4 heterocycles. The van der Waals surface area contributed by atoms with E-state index in [1.807, 2.05) is 4.90 Å². The molecule has 1 aromatic carbocycles. The van der Waals surface area contributed by atoms with Gasteiger partial charge in [0.1, 0.15) is 0 Å². The lowest BCUT2D eigenvalue weighted by atomic mass is 9.97.